The van der Waals surface area contributed by atoms with E-state index in [1.165, 1.54) is 41.0 Å². The maximum Gasteiger partial charge on any atom is 0.298 e. The van der Waals surface area contributed by atoms with E-state index in [1.807, 2.05) is 12.1 Å². The highest BCUT2D eigenvalue weighted by molar-refractivity contribution is 7.98. The van der Waals surface area contributed by atoms with Crippen molar-refractivity contribution in [1.29, 1.82) is 0 Å². The highest BCUT2D eigenvalue weighted by Gasteiger charge is 2.50. The minimum Gasteiger partial charge on any atom is -0.483 e. The van der Waals surface area contributed by atoms with Crippen LogP contribution in [0, 0.1) is 6.92 Å². The summed E-state index contributed by atoms with van der Waals surface area (Å²) in [6.45, 7) is 11.4. The van der Waals surface area contributed by atoms with Crippen molar-refractivity contribution in [2.45, 2.75) is 114 Å². The first kappa shape index (κ1) is 61.0. The van der Waals surface area contributed by atoms with Crippen LogP contribution in [0.4, 0.5) is 11.7 Å². The van der Waals surface area contributed by atoms with Gasteiger partial charge in [0.1, 0.15) is 23.3 Å². The van der Waals surface area contributed by atoms with E-state index < -0.39 is 0 Å². The van der Waals surface area contributed by atoms with Crippen molar-refractivity contribution >= 4 is 100 Å². The Hall–Kier alpha value is -5.82. The summed E-state index contributed by atoms with van der Waals surface area (Å²) in [5, 5.41) is 22.6. The van der Waals surface area contributed by atoms with E-state index in [0.717, 1.165) is 117 Å². The Bertz CT molecular complexity index is 2810. The Morgan fingerprint density at radius 1 is 0.987 bits per heavy atom. The number of amides is 1. The zero-order chi connectivity index (χ0) is 55.4. The van der Waals surface area contributed by atoms with E-state index in [4.69, 9.17) is 40.7 Å². The SMILES string of the molecule is CC(CCC=O)N(C)c1ccc(C2CCN(c3nc4cc(C5(SN6CCC(NC7=CC=CCC=C7)CC6(C)C)CC5)ccc4o3)CC2)c2cccc(C=O)c12.CNC=O.CO.CO.Cc1sc(C=O)c(OCC=O)c1Cl. The number of carbonyl (C=O) groups excluding carboxylic acids is 5. The molecule has 2 atom stereocenters. The molecule has 3 fully saturated rings. The van der Waals surface area contributed by atoms with Gasteiger partial charge in [-0.1, -0.05) is 72.1 Å². The molecule has 0 spiro atoms. The number of aryl methyl sites for hydroxylation is 1. The molecule has 4 aliphatic rings. The Balaban J connectivity index is 0.000000430. The topological polar surface area (TPSA) is 195 Å². The first-order valence-corrected chi connectivity index (χ1v) is 27.7. The van der Waals surface area contributed by atoms with Gasteiger partial charge in [0.2, 0.25) is 6.41 Å². The summed E-state index contributed by atoms with van der Waals surface area (Å²) in [6.07, 6.45) is 23.7. The van der Waals surface area contributed by atoms with Crippen LogP contribution in [-0.2, 0) is 19.1 Å². The van der Waals surface area contributed by atoms with Gasteiger partial charge in [0.05, 0.1) is 9.77 Å². The molecule has 2 aliphatic carbocycles. The molecule has 2 saturated heterocycles. The molecule has 4 heterocycles. The van der Waals surface area contributed by atoms with Crippen LogP contribution in [-0.4, -0.2) is 123 Å². The number of hydrogen-bond acceptors (Lipinski definition) is 16. The summed E-state index contributed by atoms with van der Waals surface area (Å²) in [5.41, 5.74) is 7.48. The fraction of sp³-hybridized carbons (Fsp3) is 0.448. The monoisotopic (exact) mass is 1100 g/mol. The van der Waals surface area contributed by atoms with Gasteiger partial charge in [0.15, 0.2) is 30.2 Å². The van der Waals surface area contributed by atoms with Crippen LogP contribution in [0.2, 0.25) is 5.02 Å². The third kappa shape index (κ3) is 15.2. The standard InChI is InChI=1S/C46H55N5O3S.C8H7ClO3S.C2H5NO.2CH4O/c1-32(11-10-28-52)49(4)41-18-17-38(39-15-9-12-34(31-53)43(39)41)33-20-25-50(26-21-33)44-48-40-29-35(16-19-42(40)54-44)46(23-24-46)55-51-27-22-37(30-45(51,2)3)47-36-13-7-5-6-8-14-36;1-5-7(9)8(12-3-2-10)6(4-11)13-5;1-3-2-4;2*1-2/h5,7-9,12-19,28-29,31-33,37,47H,6,10-11,20-27,30H2,1-4H3;2,4H,3H2,1H3;2H,1H3,(H,3,4);2*2H,1H3. The van der Waals surface area contributed by atoms with Gasteiger partial charge < -0.3 is 44.6 Å². The van der Waals surface area contributed by atoms with Crippen molar-refractivity contribution in [3.05, 3.63) is 116 Å². The molecule has 15 nitrogen and oxygen atoms in total. The van der Waals surface area contributed by atoms with Gasteiger partial charge in [-0.05, 0) is 132 Å². The number of fused-ring (bicyclic) bond motifs is 2. The van der Waals surface area contributed by atoms with Crippen molar-refractivity contribution in [2.75, 3.05) is 64.4 Å². The molecule has 5 aromatic rings. The molecular formula is C58H75ClN6O9S2. The van der Waals surface area contributed by atoms with Crippen molar-refractivity contribution in [2.24, 2.45) is 0 Å². The number of allylic oxidation sites excluding steroid dienone is 5. The first-order chi connectivity index (χ1) is 36.8. The minimum absolute atomic E-state index is 0.0794. The number of hydrogen-bond donors (Lipinski definition) is 4. The molecule has 9 rings (SSSR count). The Kier molecular flexibility index (Phi) is 23.8. The van der Waals surface area contributed by atoms with E-state index in [-0.39, 0.29) is 22.9 Å². The first-order valence-electron chi connectivity index (χ1n) is 25.7. The van der Waals surface area contributed by atoms with E-state index in [2.05, 4.69) is 131 Å². The van der Waals surface area contributed by atoms with Crippen LogP contribution in [0.15, 0.2) is 89.0 Å². The van der Waals surface area contributed by atoms with Gasteiger partial charge in [-0.3, -0.25) is 19.2 Å². The molecule has 2 aromatic heterocycles. The maximum absolute atomic E-state index is 12.3. The number of piperidine rings is 2. The van der Waals surface area contributed by atoms with Crippen molar-refractivity contribution in [3.63, 3.8) is 0 Å². The molecule has 2 aliphatic heterocycles. The molecule has 4 N–H and O–H groups in total. The number of oxazole rings is 1. The zero-order valence-electron chi connectivity index (χ0n) is 45.1. The second kappa shape index (κ2) is 29.6. The molecular weight excluding hydrogens is 1020 g/mol. The Labute approximate surface area is 460 Å². The number of carbonyl (C=O) groups is 5. The van der Waals surface area contributed by atoms with E-state index in [0.29, 0.717) is 64.6 Å². The lowest BCUT2D eigenvalue weighted by atomic mass is 9.85. The summed E-state index contributed by atoms with van der Waals surface area (Å²) in [5.74, 6) is 0.675. The van der Waals surface area contributed by atoms with Crippen LogP contribution < -0.4 is 25.2 Å². The molecule has 410 valence electrons. The molecule has 3 aromatic carbocycles. The van der Waals surface area contributed by atoms with E-state index in [1.54, 1.807) is 14.0 Å². The van der Waals surface area contributed by atoms with Crippen LogP contribution in [0.3, 0.4) is 0 Å². The summed E-state index contributed by atoms with van der Waals surface area (Å²) >= 11 is 9.15. The number of halogens is 1. The van der Waals surface area contributed by atoms with Gasteiger partial charge in [-0.2, -0.15) is 4.98 Å². The molecule has 1 amide bonds. The lowest BCUT2D eigenvalue weighted by Gasteiger charge is -2.46. The van der Waals surface area contributed by atoms with Gasteiger partial charge in [0, 0.05) is 99.2 Å². The largest absolute Gasteiger partial charge is 0.483 e. The van der Waals surface area contributed by atoms with Crippen LogP contribution in [0.5, 0.6) is 5.75 Å². The van der Waals surface area contributed by atoms with Crippen LogP contribution in [0.1, 0.15) is 121 Å². The molecule has 1 saturated carbocycles. The maximum atomic E-state index is 12.3. The number of aldehydes is 4. The zero-order valence-corrected chi connectivity index (χ0v) is 47.4. The summed E-state index contributed by atoms with van der Waals surface area (Å²) in [6, 6.07) is 18.5. The van der Waals surface area contributed by atoms with Gasteiger partial charge in [-0.15, -0.1) is 11.3 Å². The predicted molar refractivity (Wildman–Crippen MR) is 310 cm³/mol. The second-order valence-electron chi connectivity index (χ2n) is 19.4. The van der Waals surface area contributed by atoms with Crippen molar-refractivity contribution in [3.8, 4) is 5.75 Å². The molecule has 18 heteroatoms. The number of benzene rings is 3. The van der Waals surface area contributed by atoms with Gasteiger partial charge in [0.25, 0.3) is 6.01 Å². The number of anilines is 2. The quantitative estimate of drug-likeness (QED) is 0.0478. The Morgan fingerprint density at radius 2 is 1.72 bits per heavy atom. The number of nitrogens with one attached hydrogen (secondary N) is 2. The number of aromatic nitrogens is 1. The average molecular weight is 1100 g/mol. The third-order valence-electron chi connectivity index (χ3n) is 14.0. The smallest absolute Gasteiger partial charge is 0.298 e. The average Bonchev–Trinajstić information content (AvgIpc) is 4.12. The third-order valence-corrected chi connectivity index (χ3v) is 17.5. The molecule has 76 heavy (non-hydrogen) atoms. The van der Waals surface area contributed by atoms with Crippen molar-refractivity contribution < 1.29 is 43.3 Å². The minimum atomic E-state index is -0.0866. The van der Waals surface area contributed by atoms with Crippen LogP contribution >= 0.6 is 34.9 Å². The Morgan fingerprint density at radius 3 is 2.37 bits per heavy atom. The van der Waals surface area contributed by atoms with Gasteiger partial charge in [-0.25, -0.2) is 4.31 Å². The highest BCUT2D eigenvalue weighted by Crippen LogP contribution is 2.60. The molecule has 0 radical (unpaired) electrons. The number of rotatable bonds is 18. The number of aliphatic hydroxyl groups excluding tert-OH is 2. The highest BCUT2D eigenvalue weighted by atomic mass is 35.5. The summed E-state index contributed by atoms with van der Waals surface area (Å²) in [7, 11) is 5.62. The molecule has 0 bridgehead atoms. The van der Waals surface area contributed by atoms with Crippen molar-refractivity contribution in [1.82, 2.24) is 19.9 Å². The molecule has 2 unspecified atom stereocenters. The predicted octanol–water partition coefficient (Wildman–Crippen LogP) is 10.5. The fourth-order valence-electron chi connectivity index (χ4n) is 9.84. The second-order valence-corrected chi connectivity index (χ2v) is 22.4. The van der Waals surface area contributed by atoms with E-state index in [9.17, 15) is 19.2 Å². The lowest BCUT2D eigenvalue weighted by Crippen LogP contribution is -2.52. The number of thiophene rings is 1. The lowest BCUT2D eigenvalue weighted by molar-refractivity contribution is -0.110. The fourth-order valence-corrected chi connectivity index (χ4v) is 12.4. The summed E-state index contributed by atoms with van der Waals surface area (Å²) < 4.78 is 14.2. The summed E-state index contributed by atoms with van der Waals surface area (Å²) in [4.78, 5) is 63.8. The number of aliphatic hydroxyl groups is 2. The number of ether oxygens (including phenoxy) is 1. The number of nitrogens with zero attached hydrogens (tertiary/aromatic N) is 4. The van der Waals surface area contributed by atoms with Crippen LogP contribution in [0.25, 0.3) is 21.9 Å². The van der Waals surface area contributed by atoms with Gasteiger partial charge >= 0.3 is 0 Å². The van der Waals surface area contributed by atoms with E-state index >= 15 is 0 Å². The normalized spacial score (nSPS) is 17.8.